The molecule has 4 nitrogen and oxygen atoms in total. The first kappa shape index (κ1) is 19.3. The Bertz CT molecular complexity index is 973. The first-order valence-corrected chi connectivity index (χ1v) is 8.23. The van der Waals surface area contributed by atoms with E-state index in [1.807, 2.05) is 30.3 Å². The number of aromatic hydroxyl groups is 1. The summed E-state index contributed by atoms with van der Waals surface area (Å²) in [6.07, 6.45) is 0. The molecule has 0 amide bonds. The normalized spacial score (nSPS) is 10.6. The van der Waals surface area contributed by atoms with Crippen LogP contribution in [0.2, 0.25) is 0 Å². The fraction of sp³-hybridized carbons (Fsp3) is 0.0952. The summed E-state index contributed by atoms with van der Waals surface area (Å²) < 4.78 is 51.8. The van der Waals surface area contributed by atoms with E-state index in [2.05, 4.69) is 0 Å². The van der Waals surface area contributed by atoms with E-state index < -0.39 is 40.5 Å². The van der Waals surface area contributed by atoms with Gasteiger partial charge in [-0.2, -0.15) is 8.78 Å². The number of phenolic OH excluding ortho intramolecular Hbond substituents is 1. The third-order valence-corrected chi connectivity index (χ3v) is 4.01. The zero-order valence-electron chi connectivity index (χ0n) is 14.7. The van der Waals surface area contributed by atoms with Crippen LogP contribution in [0.4, 0.5) is 13.2 Å². The van der Waals surface area contributed by atoms with Crippen LogP contribution in [0.3, 0.4) is 0 Å². The van der Waals surface area contributed by atoms with Gasteiger partial charge in [0.05, 0.1) is 5.56 Å². The average Bonchev–Trinajstić information content (AvgIpc) is 2.73. The molecule has 0 aliphatic heterocycles. The smallest absolute Gasteiger partial charge is 0.338 e. The van der Waals surface area contributed by atoms with Crippen LogP contribution < -0.4 is 4.74 Å². The maximum absolute atomic E-state index is 14.0. The predicted molar refractivity (Wildman–Crippen MR) is 94.8 cm³/mol. The molecule has 144 valence electrons. The van der Waals surface area contributed by atoms with E-state index in [0.29, 0.717) is 0 Å². The minimum Gasteiger partial charge on any atom is -0.504 e. The molecule has 0 aromatic heterocycles. The Morgan fingerprint density at radius 1 is 0.929 bits per heavy atom. The summed E-state index contributed by atoms with van der Waals surface area (Å²) in [6.45, 7) is 1.13. The maximum atomic E-state index is 14.0. The highest BCUT2D eigenvalue weighted by Crippen LogP contribution is 2.37. The van der Waals surface area contributed by atoms with Gasteiger partial charge in [-0.15, -0.1) is 0 Å². The van der Waals surface area contributed by atoms with E-state index in [-0.39, 0.29) is 17.9 Å². The third kappa shape index (κ3) is 3.93. The van der Waals surface area contributed by atoms with Crippen molar-refractivity contribution < 1.29 is 32.5 Å². The predicted octanol–water partition coefficient (Wildman–Crippen LogP) is 5.27. The lowest BCUT2D eigenvalue weighted by Crippen LogP contribution is -2.05. The highest BCUT2D eigenvalue weighted by Gasteiger charge is 2.24. The van der Waals surface area contributed by atoms with Gasteiger partial charge in [0.15, 0.2) is 11.6 Å². The Morgan fingerprint density at radius 3 is 2.21 bits per heavy atom. The highest BCUT2D eigenvalue weighted by atomic mass is 19.2. The topological polar surface area (TPSA) is 55.8 Å². The molecule has 0 bridgehead atoms. The molecule has 0 radical (unpaired) electrons. The number of benzene rings is 3. The van der Waals surface area contributed by atoms with Crippen LogP contribution in [0.25, 0.3) is 0 Å². The van der Waals surface area contributed by atoms with E-state index in [4.69, 9.17) is 9.47 Å². The van der Waals surface area contributed by atoms with E-state index in [9.17, 15) is 23.1 Å². The lowest BCUT2D eigenvalue weighted by atomic mass is 10.1. The van der Waals surface area contributed by atoms with Gasteiger partial charge in [0.1, 0.15) is 12.4 Å². The summed E-state index contributed by atoms with van der Waals surface area (Å²) in [7, 11) is 0. The molecule has 0 fully saturated rings. The van der Waals surface area contributed by atoms with Crippen molar-refractivity contribution in [2.75, 3.05) is 0 Å². The number of carbonyl (C=O) groups is 1. The zero-order valence-corrected chi connectivity index (χ0v) is 14.7. The molecule has 0 aliphatic carbocycles. The lowest BCUT2D eigenvalue weighted by molar-refractivity contribution is 0.0472. The van der Waals surface area contributed by atoms with Crippen molar-refractivity contribution in [1.82, 2.24) is 0 Å². The Kier molecular flexibility index (Phi) is 5.54. The van der Waals surface area contributed by atoms with Crippen molar-refractivity contribution in [3.05, 3.63) is 88.7 Å². The van der Waals surface area contributed by atoms with Gasteiger partial charge >= 0.3 is 5.97 Å². The van der Waals surface area contributed by atoms with Crippen molar-refractivity contribution >= 4 is 5.97 Å². The van der Waals surface area contributed by atoms with Crippen molar-refractivity contribution in [2.45, 2.75) is 13.5 Å². The first-order chi connectivity index (χ1) is 13.4. The van der Waals surface area contributed by atoms with Crippen LogP contribution in [0, 0.1) is 24.4 Å². The van der Waals surface area contributed by atoms with Crippen LogP contribution >= 0.6 is 0 Å². The summed E-state index contributed by atoms with van der Waals surface area (Å²) in [5, 5.41) is 9.52. The molecule has 0 unspecified atom stereocenters. The van der Waals surface area contributed by atoms with Crippen molar-refractivity contribution in [1.29, 1.82) is 0 Å². The Hall–Kier alpha value is -3.48. The number of ether oxygens (including phenoxy) is 2. The van der Waals surface area contributed by atoms with Gasteiger partial charge < -0.3 is 14.6 Å². The van der Waals surface area contributed by atoms with Crippen molar-refractivity contribution in [2.24, 2.45) is 0 Å². The molecular formula is C21H15F3O4. The molecule has 3 rings (SSSR count). The molecule has 0 saturated heterocycles. The van der Waals surface area contributed by atoms with Gasteiger partial charge in [0, 0.05) is 5.56 Å². The maximum Gasteiger partial charge on any atom is 0.338 e. The van der Waals surface area contributed by atoms with E-state index >= 15 is 0 Å². The Balaban J connectivity index is 1.72. The molecule has 3 aromatic rings. The van der Waals surface area contributed by atoms with Gasteiger partial charge in [-0.25, -0.2) is 9.18 Å². The molecule has 0 aliphatic rings. The minimum absolute atomic E-state index is 0.0555. The average molecular weight is 388 g/mol. The molecule has 0 heterocycles. The van der Waals surface area contributed by atoms with Crippen LogP contribution in [0.15, 0.2) is 54.6 Å². The SMILES string of the molecule is Cc1c(O)c(F)c(Oc2ccc(C(=O)OCc3ccccc3)cc2)c(F)c1F. The molecule has 0 saturated carbocycles. The first-order valence-electron chi connectivity index (χ1n) is 8.23. The summed E-state index contributed by atoms with van der Waals surface area (Å²) >= 11 is 0. The number of esters is 1. The molecular weight excluding hydrogens is 373 g/mol. The summed E-state index contributed by atoms with van der Waals surface area (Å²) in [5.41, 5.74) is 0.462. The van der Waals surface area contributed by atoms with E-state index in [1.165, 1.54) is 24.3 Å². The van der Waals surface area contributed by atoms with Gasteiger partial charge in [-0.3, -0.25) is 0 Å². The highest BCUT2D eigenvalue weighted by molar-refractivity contribution is 5.89. The summed E-state index contributed by atoms with van der Waals surface area (Å²) in [5.74, 6) is -7.13. The zero-order chi connectivity index (χ0) is 20.3. The molecule has 28 heavy (non-hydrogen) atoms. The van der Waals surface area contributed by atoms with Crippen LogP contribution in [0.1, 0.15) is 21.5 Å². The van der Waals surface area contributed by atoms with Crippen LogP contribution in [-0.4, -0.2) is 11.1 Å². The Labute approximate surface area is 158 Å². The van der Waals surface area contributed by atoms with E-state index in [0.717, 1.165) is 12.5 Å². The summed E-state index contributed by atoms with van der Waals surface area (Å²) in [6, 6.07) is 14.3. The van der Waals surface area contributed by atoms with Crippen molar-refractivity contribution in [3.8, 4) is 17.2 Å². The minimum atomic E-state index is -1.56. The standard InChI is InChI=1S/C21H15F3O4/c1-12-16(22)17(23)20(18(24)19(12)25)28-15-9-7-14(8-10-15)21(26)27-11-13-5-3-2-4-6-13/h2-10,25H,11H2,1H3. The molecule has 7 heteroatoms. The van der Waals surface area contributed by atoms with Crippen molar-refractivity contribution in [3.63, 3.8) is 0 Å². The van der Waals surface area contributed by atoms with Crippen LogP contribution in [0.5, 0.6) is 17.2 Å². The molecule has 0 spiro atoms. The third-order valence-electron chi connectivity index (χ3n) is 4.01. The fourth-order valence-corrected chi connectivity index (χ4v) is 2.41. The lowest BCUT2D eigenvalue weighted by Gasteiger charge is -2.12. The monoisotopic (exact) mass is 388 g/mol. The fourth-order valence-electron chi connectivity index (χ4n) is 2.41. The van der Waals surface area contributed by atoms with Crippen LogP contribution in [-0.2, 0) is 11.3 Å². The number of hydrogen-bond donors (Lipinski definition) is 1. The number of hydrogen-bond acceptors (Lipinski definition) is 4. The number of rotatable bonds is 5. The van der Waals surface area contributed by atoms with Gasteiger partial charge in [0.2, 0.25) is 17.4 Å². The molecule has 1 N–H and O–H groups in total. The number of carbonyl (C=O) groups excluding carboxylic acids is 1. The number of phenols is 1. The second-order valence-electron chi connectivity index (χ2n) is 5.93. The van der Waals surface area contributed by atoms with Gasteiger partial charge in [-0.1, -0.05) is 30.3 Å². The molecule has 0 atom stereocenters. The quantitative estimate of drug-likeness (QED) is 0.478. The summed E-state index contributed by atoms with van der Waals surface area (Å²) in [4.78, 5) is 12.1. The van der Waals surface area contributed by atoms with Gasteiger partial charge in [-0.05, 0) is 36.8 Å². The van der Waals surface area contributed by atoms with Gasteiger partial charge in [0.25, 0.3) is 0 Å². The molecule has 3 aromatic carbocycles. The second kappa shape index (κ2) is 8.04. The second-order valence-corrected chi connectivity index (χ2v) is 5.93. The Morgan fingerprint density at radius 2 is 1.57 bits per heavy atom. The number of halogens is 3. The van der Waals surface area contributed by atoms with E-state index in [1.54, 1.807) is 0 Å². The largest absolute Gasteiger partial charge is 0.504 e.